The second kappa shape index (κ2) is 6.42. The summed E-state index contributed by atoms with van der Waals surface area (Å²) < 4.78 is 0. The number of hydrogen-bond donors (Lipinski definition) is 3. The number of nitrogens with one attached hydrogen (secondary N) is 1. The minimum atomic E-state index is -0.875. The number of nitrogens with two attached hydrogens (primary N) is 1. The Hall–Kier alpha value is -1.10. The van der Waals surface area contributed by atoms with Gasteiger partial charge in [-0.3, -0.25) is 9.59 Å². The third-order valence-electron chi connectivity index (χ3n) is 1.42. The van der Waals surface area contributed by atoms with Crippen LogP contribution in [0.5, 0.6) is 0 Å². The van der Waals surface area contributed by atoms with E-state index in [9.17, 15) is 9.59 Å². The number of carboxylic acids is 1. The lowest BCUT2D eigenvalue weighted by molar-refractivity contribution is -0.137. The minimum Gasteiger partial charge on any atom is -0.481 e. The third-order valence-corrected chi connectivity index (χ3v) is 1.42. The molecule has 1 atom stereocenters. The summed E-state index contributed by atoms with van der Waals surface area (Å²) in [4.78, 5) is 21.1. The highest BCUT2D eigenvalue weighted by molar-refractivity contribution is 5.76. The first kappa shape index (κ1) is 11.9. The average molecular weight is 188 g/mol. The van der Waals surface area contributed by atoms with Gasteiger partial charge >= 0.3 is 5.97 Å². The van der Waals surface area contributed by atoms with E-state index in [2.05, 4.69) is 5.32 Å². The fourth-order valence-electron chi connectivity index (χ4n) is 0.763. The van der Waals surface area contributed by atoms with E-state index in [0.29, 0.717) is 13.0 Å². The molecule has 1 unspecified atom stereocenters. The molecule has 5 nitrogen and oxygen atoms in total. The molecule has 0 radical (unpaired) electrons. The second-order valence-electron chi connectivity index (χ2n) is 3.03. The second-order valence-corrected chi connectivity index (χ2v) is 3.03. The maximum absolute atomic E-state index is 11.0. The molecule has 0 aliphatic rings. The van der Waals surface area contributed by atoms with Crippen molar-refractivity contribution in [3.05, 3.63) is 0 Å². The fourth-order valence-corrected chi connectivity index (χ4v) is 0.763. The van der Waals surface area contributed by atoms with Crippen molar-refractivity contribution >= 4 is 11.9 Å². The van der Waals surface area contributed by atoms with E-state index in [0.717, 1.165) is 0 Å². The molecule has 0 aromatic rings. The van der Waals surface area contributed by atoms with E-state index < -0.39 is 5.97 Å². The van der Waals surface area contributed by atoms with Crippen LogP contribution in [0.15, 0.2) is 0 Å². The first-order chi connectivity index (χ1) is 6.02. The zero-order chi connectivity index (χ0) is 10.3. The molecular formula is C8H16N2O3. The van der Waals surface area contributed by atoms with E-state index in [1.807, 2.05) is 0 Å². The molecule has 4 N–H and O–H groups in total. The average Bonchev–Trinajstić information content (AvgIpc) is 2.00. The van der Waals surface area contributed by atoms with Crippen LogP contribution in [-0.4, -0.2) is 29.6 Å². The number of hydrogen-bond acceptors (Lipinski definition) is 3. The van der Waals surface area contributed by atoms with E-state index in [1.54, 1.807) is 6.92 Å². The highest BCUT2D eigenvalue weighted by Gasteiger charge is 2.03. The monoisotopic (exact) mass is 188 g/mol. The summed E-state index contributed by atoms with van der Waals surface area (Å²) in [6, 6.07) is -0.0663. The maximum Gasteiger partial charge on any atom is 0.303 e. The van der Waals surface area contributed by atoms with Crippen LogP contribution in [0.3, 0.4) is 0 Å². The van der Waals surface area contributed by atoms with Crippen LogP contribution in [0.1, 0.15) is 26.2 Å². The smallest absolute Gasteiger partial charge is 0.303 e. The predicted octanol–water partition coefficient (Wildman–Crippen LogP) is -0.295. The van der Waals surface area contributed by atoms with Gasteiger partial charge in [-0.15, -0.1) is 0 Å². The van der Waals surface area contributed by atoms with Gasteiger partial charge in [-0.1, -0.05) is 0 Å². The Bertz CT molecular complexity index is 180. The fraction of sp³-hybridized carbons (Fsp3) is 0.750. The van der Waals surface area contributed by atoms with Gasteiger partial charge in [0.25, 0.3) is 0 Å². The van der Waals surface area contributed by atoms with E-state index in [1.165, 1.54) is 0 Å². The number of carbonyl (C=O) groups is 2. The molecule has 0 spiro atoms. The Morgan fingerprint density at radius 3 is 2.54 bits per heavy atom. The lowest BCUT2D eigenvalue weighted by Crippen LogP contribution is -2.35. The van der Waals surface area contributed by atoms with Gasteiger partial charge in [0.2, 0.25) is 5.91 Å². The summed E-state index contributed by atoms with van der Waals surface area (Å²) in [5, 5.41) is 10.9. The van der Waals surface area contributed by atoms with Gasteiger partial charge in [0, 0.05) is 25.4 Å². The molecule has 0 saturated carbocycles. The van der Waals surface area contributed by atoms with Gasteiger partial charge in [-0.25, -0.2) is 0 Å². The molecule has 76 valence electrons. The zero-order valence-corrected chi connectivity index (χ0v) is 7.75. The molecule has 13 heavy (non-hydrogen) atoms. The Balaban J connectivity index is 3.35. The summed E-state index contributed by atoms with van der Waals surface area (Å²) in [6.07, 6.45) is 0.657. The summed E-state index contributed by atoms with van der Waals surface area (Å²) in [7, 11) is 0. The molecule has 0 heterocycles. The molecule has 0 aromatic carbocycles. The summed E-state index contributed by atoms with van der Waals surface area (Å²) >= 11 is 0. The van der Waals surface area contributed by atoms with E-state index in [4.69, 9.17) is 10.8 Å². The zero-order valence-electron chi connectivity index (χ0n) is 7.75. The van der Waals surface area contributed by atoms with Crippen LogP contribution in [0.4, 0.5) is 0 Å². The number of aliphatic carboxylic acids is 1. The summed E-state index contributed by atoms with van der Waals surface area (Å²) in [6.45, 7) is 2.23. The molecule has 5 heteroatoms. The van der Waals surface area contributed by atoms with Gasteiger partial charge in [-0.05, 0) is 13.3 Å². The molecule has 0 aliphatic heterocycles. The molecule has 0 aromatic heterocycles. The largest absolute Gasteiger partial charge is 0.481 e. The van der Waals surface area contributed by atoms with Gasteiger partial charge < -0.3 is 16.2 Å². The minimum absolute atomic E-state index is 0.0333. The number of carbonyl (C=O) groups excluding carboxylic acids is 1. The van der Waals surface area contributed by atoms with Crippen LogP contribution in [0.25, 0.3) is 0 Å². The molecule has 0 rings (SSSR count). The van der Waals surface area contributed by atoms with Crippen molar-refractivity contribution in [2.45, 2.75) is 32.2 Å². The highest BCUT2D eigenvalue weighted by Crippen LogP contribution is 1.94. The van der Waals surface area contributed by atoms with Crippen LogP contribution in [-0.2, 0) is 9.59 Å². The number of amides is 1. The third kappa shape index (κ3) is 8.81. The molecule has 0 bridgehead atoms. The van der Waals surface area contributed by atoms with E-state index in [-0.39, 0.29) is 24.8 Å². The van der Waals surface area contributed by atoms with Crippen molar-refractivity contribution in [2.24, 2.45) is 5.73 Å². The Kier molecular flexibility index (Phi) is 5.88. The first-order valence-corrected chi connectivity index (χ1v) is 4.26. The first-order valence-electron chi connectivity index (χ1n) is 4.26. The van der Waals surface area contributed by atoms with Gasteiger partial charge in [0.15, 0.2) is 0 Å². The Labute approximate surface area is 77.3 Å². The highest BCUT2D eigenvalue weighted by atomic mass is 16.4. The molecule has 0 aliphatic carbocycles. The Morgan fingerprint density at radius 1 is 1.46 bits per heavy atom. The lowest BCUT2D eigenvalue weighted by Gasteiger charge is -2.06. The van der Waals surface area contributed by atoms with Crippen molar-refractivity contribution < 1.29 is 14.7 Å². The summed E-state index contributed by atoms with van der Waals surface area (Å²) in [5.41, 5.74) is 5.41. The molecule has 1 amide bonds. The van der Waals surface area contributed by atoms with Crippen LogP contribution in [0.2, 0.25) is 0 Å². The summed E-state index contributed by atoms with van der Waals surface area (Å²) in [5.74, 6) is -1.02. The van der Waals surface area contributed by atoms with Crippen molar-refractivity contribution in [3.63, 3.8) is 0 Å². The van der Waals surface area contributed by atoms with E-state index >= 15 is 0 Å². The van der Waals surface area contributed by atoms with Gasteiger partial charge in [0.1, 0.15) is 0 Å². The maximum atomic E-state index is 11.0. The SMILES string of the molecule is CC(N)CNC(=O)CCCC(=O)O. The van der Waals surface area contributed by atoms with Crippen LogP contribution < -0.4 is 11.1 Å². The van der Waals surface area contributed by atoms with Crippen molar-refractivity contribution in [1.82, 2.24) is 5.32 Å². The van der Waals surface area contributed by atoms with Crippen molar-refractivity contribution in [3.8, 4) is 0 Å². The predicted molar refractivity (Wildman–Crippen MR) is 48.1 cm³/mol. The van der Waals surface area contributed by atoms with Crippen molar-refractivity contribution in [2.75, 3.05) is 6.54 Å². The molecular weight excluding hydrogens is 172 g/mol. The normalized spacial score (nSPS) is 12.2. The lowest BCUT2D eigenvalue weighted by atomic mass is 10.2. The van der Waals surface area contributed by atoms with Crippen LogP contribution >= 0.6 is 0 Å². The van der Waals surface area contributed by atoms with Gasteiger partial charge in [0.05, 0.1) is 0 Å². The number of carboxylic acid groups (broad SMARTS) is 1. The van der Waals surface area contributed by atoms with Crippen molar-refractivity contribution in [1.29, 1.82) is 0 Å². The molecule has 0 saturated heterocycles. The quantitative estimate of drug-likeness (QED) is 0.533. The number of rotatable bonds is 6. The standard InChI is InChI=1S/C8H16N2O3/c1-6(9)5-10-7(11)3-2-4-8(12)13/h6H,2-5,9H2,1H3,(H,10,11)(H,12,13). The van der Waals surface area contributed by atoms with Gasteiger partial charge in [-0.2, -0.15) is 0 Å². The Morgan fingerprint density at radius 2 is 2.08 bits per heavy atom. The van der Waals surface area contributed by atoms with Crippen LogP contribution in [0, 0.1) is 0 Å². The topological polar surface area (TPSA) is 92.4 Å². The molecule has 0 fully saturated rings.